The Kier molecular flexibility index (Phi) is 6.96. The summed E-state index contributed by atoms with van der Waals surface area (Å²) in [4.78, 5) is 0. The van der Waals surface area contributed by atoms with Crippen LogP contribution in [0.1, 0.15) is 58.3 Å². The summed E-state index contributed by atoms with van der Waals surface area (Å²) in [5.41, 5.74) is 0. The maximum atomic E-state index is 12.1. The summed E-state index contributed by atoms with van der Waals surface area (Å²) in [5.74, 6) is 2.32. The smallest absolute Gasteiger partial charge is 0.211 e. The molecule has 1 saturated heterocycles. The van der Waals surface area contributed by atoms with Gasteiger partial charge in [0.25, 0.3) is 0 Å². The first-order valence-corrected chi connectivity index (χ1v) is 10.4. The maximum Gasteiger partial charge on any atom is 0.211 e. The van der Waals surface area contributed by atoms with Gasteiger partial charge in [0.1, 0.15) is 0 Å². The molecule has 0 atom stereocenters. The second-order valence-corrected chi connectivity index (χ2v) is 8.87. The number of rotatable bonds is 7. The number of sulfonamides is 1. The van der Waals surface area contributed by atoms with Crippen molar-refractivity contribution in [1.82, 2.24) is 10.0 Å². The van der Waals surface area contributed by atoms with E-state index < -0.39 is 10.0 Å². The maximum absolute atomic E-state index is 12.1. The minimum absolute atomic E-state index is 0.308. The largest absolute Gasteiger partial charge is 0.317 e. The Balaban J connectivity index is 1.64. The zero-order chi connectivity index (χ0) is 15.1. The van der Waals surface area contributed by atoms with Crippen LogP contribution in [0.25, 0.3) is 0 Å². The zero-order valence-corrected chi connectivity index (χ0v) is 14.3. The van der Waals surface area contributed by atoms with Gasteiger partial charge in [-0.1, -0.05) is 26.2 Å². The van der Waals surface area contributed by atoms with E-state index in [4.69, 9.17) is 0 Å². The third-order valence-corrected chi connectivity index (χ3v) is 6.77. The van der Waals surface area contributed by atoms with Gasteiger partial charge in [0.2, 0.25) is 10.0 Å². The SMILES string of the molecule is CCC1CCC(CNS(=O)(=O)CCC2CCNCC2)CC1. The Morgan fingerprint density at radius 1 is 0.952 bits per heavy atom. The summed E-state index contributed by atoms with van der Waals surface area (Å²) in [6.07, 6.45) is 9.27. The van der Waals surface area contributed by atoms with E-state index in [0.717, 1.165) is 38.3 Å². The van der Waals surface area contributed by atoms with Gasteiger partial charge in [-0.15, -0.1) is 0 Å². The van der Waals surface area contributed by atoms with E-state index in [1.54, 1.807) is 0 Å². The van der Waals surface area contributed by atoms with E-state index in [2.05, 4.69) is 17.0 Å². The molecule has 0 unspecified atom stereocenters. The molecule has 2 rings (SSSR count). The number of piperidine rings is 1. The Morgan fingerprint density at radius 2 is 1.57 bits per heavy atom. The van der Waals surface area contributed by atoms with Gasteiger partial charge in [0, 0.05) is 6.54 Å². The highest BCUT2D eigenvalue weighted by Crippen LogP contribution is 2.30. The van der Waals surface area contributed by atoms with Crippen LogP contribution in [0.15, 0.2) is 0 Å². The van der Waals surface area contributed by atoms with E-state index in [1.807, 2.05) is 0 Å². The molecule has 5 heteroatoms. The zero-order valence-electron chi connectivity index (χ0n) is 13.4. The molecule has 0 bridgehead atoms. The normalized spacial score (nSPS) is 28.6. The van der Waals surface area contributed by atoms with Crippen LogP contribution in [0.5, 0.6) is 0 Å². The number of hydrogen-bond acceptors (Lipinski definition) is 3. The van der Waals surface area contributed by atoms with E-state index in [1.165, 1.54) is 32.1 Å². The fourth-order valence-electron chi connectivity index (χ4n) is 3.65. The molecule has 2 fully saturated rings. The van der Waals surface area contributed by atoms with Crippen LogP contribution in [-0.2, 0) is 10.0 Å². The van der Waals surface area contributed by atoms with Crippen LogP contribution in [0.3, 0.4) is 0 Å². The van der Waals surface area contributed by atoms with Crippen molar-refractivity contribution >= 4 is 10.0 Å². The molecule has 2 N–H and O–H groups in total. The Morgan fingerprint density at radius 3 is 2.19 bits per heavy atom. The lowest BCUT2D eigenvalue weighted by atomic mass is 9.81. The van der Waals surface area contributed by atoms with E-state index >= 15 is 0 Å². The van der Waals surface area contributed by atoms with Gasteiger partial charge < -0.3 is 5.32 Å². The number of hydrogen-bond donors (Lipinski definition) is 2. The van der Waals surface area contributed by atoms with Crippen LogP contribution in [0.2, 0.25) is 0 Å². The molecule has 0 radical (unpaired) electrons. The molecule has 2 aliphatic rings. The van der Waals surface area contributed by atoms with Crippen LogP contribution in [0, 0.1) is 17.8 Å². The van der Waals surface area contributed by atoms with Crippen LogP contribution in [-0.4, -0.2) is 33.8 Å². The topological polar surface area (TPSA) is 58.2 Å². The monoisotopic (exact) mass is 316 g/mol. The average Bonchev–Trinajstić information content (AvgIpc) is 2.53. The van der Waals surface area contributed by atoms with Crippen molar-refractivity contribution in [2.45, 2.75) is 58.3 Å². The van der Waals surface area contributed by atoms with Gasteiger partial charge in [0.15, 0.2) is 0 Å². The Hall–Kier alpha value is -0.130. The summed E-state index contributed by atoms with van der Waals surface area (Å²) in [6, 6.07) is 0. The lowest BCUT2D eigenvalue weighted by Gasteiger charge is -2.28. The third kappa shape index (κ3) is 6.25. The second kappa shape index (κ2) is 8.49. The quantitative estimate of drug-likeness (QED) is 0.759. The molecule has 1 aliphatic heterocycles. The Labute approximate surface area is 130 Å². The first kappa shape index (κ1) is 17.2. The predicted octanol–water partition coefficient (Wildman–Crippen LogP) is 2.51. The van der Waals surface area contributed by atoms with E-state index in [9.17, 15) is 8.42 Å². The molecule has 0 aromatic carbocycles. The molecule has 1 heterocycles. The van der Waals surface area contributed by atoms with Gasteiger partial charge in [-0.3, -0.25) is 0 Å². The fraction of sp³-hybridized carbons (Fsp3) is 1.00. The first-order chi connectivity index (χ1) is 10.1. The van der Waals surface area contributed by atoms with Crippen molar-refractivity contribution in [3.63, 3.8) is 0 Å². The molecule has 1 aliphatic carbocycles. The van der Waals surface area contributed by atoms with Gasteiger partial charge in [-0.2, -0.15) is 0 Å². The summed E-state index contributed by atoms with van der Waals surface area (Å²) in [6.45, 7) is 5.00. The molecule has 0 aromatic rings. The van der Waals surface area contributed by atoms with Crippen LogP contribution < -0.4 is 10.0 Å². The average molecular weight is 317 g/mol. The summed E-state index contributed by atoms with van der Waals surface area (Å²) < 4.78 is 27.1. The molecule has 0 spiro atoms. The number of nitrogens with one attached hydrogen (secondary N) is 2. The van der Waals surface area contributed by atoms with Crippen molar-refractivity contribution in [2.75, 3.05) is 25.4 Å². The summed E-state index contributed by atoms with van der Waals surface area (Å²) >= 11 is 0. The van der Waals surface area contributed by atoms with Crippen molar-refractivity contribution in [3.8, 4) is 0 Å². The lowest BCUT2D eigenvalue weighted by Crippen LogP contribution is -2.34. The minimum Gasteiger partial charge on any atom is -0.317 e. The fourth-order valence-corrected chi connectivity index (χ4v) is 4.93. The summed E-state index contributed by atoms with van der Waals surface area (Å²) in [7, 11) is -3.07. The highest BCUT2D eigenvalue weighted by atomic mass is 32.2. The molecule has 0 amide bonds. The van der Waals surface area contributed by atoms with Gasteiger partial charge >= 0.3 is 0 Å². The Bertz CT molecular complexity index is 383. The molecular formula is C16H32N2O2S. The van der Waals surface area contributed by atoms with Gasteiger partial charge in [-0.05, 0) is 62.9 Å². The second-order valence-electron chi connectivity index (χ2n) is 6.94. The molecule has 21 heavy (non-hydrogen) atoms. The van der Waals surface area contributed by atoms with Crippen molar-refractivity contribution in [1.29, 1.82) is 0 Å². The molecule has 4 nitrogen and oxygen atoms in total. The highest BCUT2D eigenvalue weighted by molar-refractivity contribution is 7.89. The van der Waals surface area contributed by atoms with Crippen LogP contribution in [0.4, 0.5) is 0 Å². The molecule has 1 saturated carbocycles. The molecule has 0 aromatic heterocycles. The summed E-state index contributed by atoms with van der Waals surface area (Å²) in [5, 5.41) is 3.32. The lowest BCUT2D eigenvalue weighted by molar-refractivity contribution is 0.270. The van der Waals surface area contributed by atoms with E-state index in [-0.39, 0.29) is 0 Å². The van der Waals surface area contributed by atoms with Gasteiger partial charge in [0.05, 0.1) is 5.75 Å². The predicted molar refractivity (Wildman–Crippen MR) is 87.7 cm³/mol. The standard InChI is InChI=1S/C16H32N2O2S/c1-2-14-3-5-16(6-4-14)13-18-21(19,20)12-9-15-7-10-17-11-8-15/h14-18H,2-13H2,1H3. The first-order valence-electron chi connectivity index (χ1n) is 8.77. The van der Waals surface area contributed by atoms with Crippen molar-refractivity contribution in [3.05, 3.63) is 0 Å². The molecular weight excluding hydrogens is 284 g/mol. The van der Waals surface area contributed by atoms with Crippen molar-refractivity contribution < 1.29 is 8.42 Å². The third-order valence-electron chi connectivity index (χ3n) is 5.39. The minimum atomic E-state index is -3.07. The van der Waals surface area contributed by atoms with Gasteiger partial charge in [-0.25, -0.2) is 13.1 Å². The molecule has 124 valence electrons. The van der Waals surface area contributed by atoms with Crippen LogP contribution >= 0.6 is 0 Å². The highest BCUT2D eigenvalue weighted by Gasteiger charge is 2.22. The van der Waals surface area contributed by atoms with Crippen molar-refractivity contribution in [2.24, 2.45) is 17.8 Å². The van der Waals surface area contributed by atoms with E-state index in [0.29, 0.717) is 24.1 Å².